The van der Waals surface area contributed by atoms with Crippen LogP contribution in [0.15, 0.2) is 29.4 Å². The van der Waals surface area contributed by atoms with E-state index in [0.29, 0.717) is 15.8 Å². The van der Waals surface area contributed by atoms with Crippen molar-refractivity contribution in [3.05, 3.63) is 34.2 Å². The molecule has 1 heterocycles. The zero-order valence-corrected chi connectivity index (χ0v) is 13.4. The van der Waals surface area contributed by atoms with Gasteiger partial charge in [-0.15, -0.1) is 11.3 Å². The average molecular weight is 321 g/mol. The van der Waals surface area contributed by atoms with Gasteiger partial charge >= 0.3 is 0 Å². The Morgan fingerprint density at radius 3 is 3.00 bits per heavy atom. The van der Waals surface area contributed by atoms with Gasteiger partial charge in [0.1, 0.15) is 4.88 Å². The van der Waals surface area contributed by atoms with Crippen molar-refractivity contribution in [2.24, 2.45) is 11.0 Å². The monoisotopic (exact) mass is 320 g/mol. The van der Waals surface area contributed by atoms with Crippen LogP contribution in [0.25, 0.3) is 10.1 Å². The molecule has 1 aromatic heterocycles. The zero-order chi connectivity index (χ0) is 14.8. The molecule has 1 amide bonds. The third-order valence-electron chi connectivity index (χ3n) is 3.80. The Labute approximate surface area is 133 Å². The first-order valence-electron chi connectivity index (χ1n) is 7.18. The number of rotatable bonds is 2. The summed E-state index contributed by atoms with van der Waals surface area (Å²) in [5, 5.41) is 5.73. The van der Waals surface area contributed by atoms with Crippen molar-refractivity contribution in [2.75, 3.05) is 0 Å². The maximum absolute atomic E-state index is 12.3. The number of nitrogens with one attached hydrogen (secondary N) is 1. The van der Waals surface area contributed by atoms with Crippen molar-refractivity contribution >= 4 is 44.6 Å². The molecule has 110 valence electrons. The van der Waals surface area contributed by atoms with Crippen molar-refractivity contribution < 1.29 is 4.79 Å². The van der Waals surface area contributed by atoms with Gasteiger partial charge in [-0.25, -0.2) is 5.43 Å². The Kier molecular flexibility index (Phi) is 4.27. The van der Waals surface area contributed by atoms with E-state index in [0.717, 1.165) is 35.1 Å². The van der Waals surface area contributed by atoms with Crippen molar-refractivity contribution in [3.8, 4) is 0 Å². The molecule has 0 unspecified atom stereocenters. The van der Waals surface area contributed by atoms with E-state index in [4.69, 9.17) is 11.6 Å². The number of carbonyl (C=O) groups excluding carboxylic acids is 1. The number of amides is 1. The lowest BCUT2D eigenvalue weighted by molar-refractivity contribution is 0.0958. The Balaban J connectivity index is 1.78. The summed E-state index contributed by atoms with van der Waals surface area (Å²) in [5.74, 6) is 0.439. The highest BCUT2D eigenvalue weighted by molar-refractivity contribution is 7.21. The molecule has 5 heteroatoms. The van der Waals surface area contributed by atoms with Gasteiger partial charge in [0.25, 0.3) is 5.91 Å². The number of halogens is 1. The van der Waals surface area contributed by atoms with Crippen LogP contribution in [0.3, 0.4) is 0 Å². The summed E-state index contributed by atoms with van der Waals surface area (Å²) < 4.78 is 1.02. The van der Waals surface area contributed by atoms with Crippen LogP contribution in [-0.4, -0.2) is 11.6 Å². The lowest BCUT2D eigenvalue weighted by Crippen LogP contribution is -2.21. The fraction of sp³-hybridized carbons (Fsp3) is 0.375. The number of hydrazone groups is 1. The quantitative estimate of drug-likeness (QED) is 0.789. The normalized spacial score (nSPS) is 20.9. The van der Waals surface area contributed by atoms with Crippen LogP contribution in [0.2, 0.25) is 5.02 Å². The van der Waals surface area contributed by atoms with Gasteiger partial charge in [0.15, 0.2) is 0 Å². The second kappa shape index (κ2) is 6.16. The Hall–Kier alpha value is -1.39. The molecule has 1 atom stereocenters. The maximum atomic E-state index is 12.3. The standard InChI is InChI=1S/C16H17ClN2OS/c1-10-5-4-6-11(9-10)18-19-16(20)15-14(17)12-7-2-3-8-13(12)21-15/h2-3,7-8,10H,4-6,9H2,1H3,(H,19,20)/t10-/m0/s1. The molecule has 2 aromatic rings. The first-order chi connectivity index (χ1) is 10.1. The molecule has 3 nitrogen and oxygen atoms in total. The molecule has 0 bridgehead atoms. The van der Waals surface area contributed by atoms with Gasteiger partial charge in [0, 0.05) is 15.8 Å². The van der Waals surface area contributed by atoms with Crippen LogP contribution in [0.5, 0.6) is 0 Å². The van der Waals surface area contributed by atoms with Crippen molar-refractivity contribution in [2.45, 2.75) is 32.6 Å². The Morgan fingerprint density at radius 2 is 2.24 bits per heavy atom. The first-order valence-corrected chi connectivity index (χ1v) is 8.37. The van der Waals surface area contributed by atoms with Crippen molar-refractivity contribution in [1.82, 2.24) is 5.43 Å². The molecule has 1 fully saturated rings. The average Bonchev–Trinajstić information content (AvgIpc) is 2.83. The van der Waals surface area contributed by atoms with E-state index in [2.05, 4.69) is 17.5 Å². The van der Waals surface area contributed by atoms with E-state index in [1.165, 1.54) is 17.8 Å². The molecular formula is C16H17ClN2OS. The smallest absolute Gasteiger partial charge is 0.266 e. The summed E-state index contributed by atoms with van der Waals surface area (Å²) in [4.78, 5) is 12.8. The molecule has 3 rings (SSSR count). The summed E-state index contributed by atoms with van der Waals surface area (Å²) in [6.07, 6.45) is 4.35. The largest absolute Gasteiger partial charge is 0.283 e. The van der Waals surface area contributed by atoms with Crippen molar-refractivity contribution in [3.63, 3.8) is 0 Å². The number of thiophene rings is 1. The minimum Gasteiger partial charge on any atom is -0.266 e. The predicted octanol–water partition coefficient (Wildman–Crippen LogP) is 4.85. The van der Waals surface area contributed by atoms with Gasteiger partial charge in [-0.2, -0.15) is 5.10 Å². The summed E-state index contributed by atoms with van der Waals surface area (Å²) in [6.45, 7) is 2.22. The zero-order valence-electron chi connectivity index (χ0n) is 11.9. The molecule has 21 heavy (non-hydrogen) atoms. The number of hydrogen-bond acceptors (Lipinski definition) is 3. The lowest BCUT2D eigenvalue weighted by atomic mass is 9.89. The maximum Gasteiger partial charge on any atom is 0.283 e. The van der Waals surface area contributed by atoms with Crippen LogP contribution >= 0.6 is 22.9 Å². The molecule has 0 spiro atoms. The second-order valence-corrected chi connectivity index (χ2v) is 6.99. The molecule has 1 aliphatic carbocycles. The summed E-state index contributed by atoms with van der Waals surface area (Å²) in [6, 6.07) is 7.77. The molecule has 1 aromatic carbocycles. The lowest BCUT2D eigenvalue weighted by Gasteiger charge is -2.18. The Morgan fingerprint density at radius 1 is 1.43 bits per heavy atom. The number of benzene rings is 1. The fourth-order valence-electron chi connectivity index (χ4n) is 2.70. The third-order valence-corrected chi connectivity index (χ3v) is 5.48. The SMILES string of the molecule is C[C@H]1CCCC(=NNC(=O)c2sc3ccccc3c2Cl)C1. The third kappa shape index (κ3) is 3.11. The summed E-state index contributed by atoms with van der Waals surface area (Å²) in [7, 11) is 0. The molecule has 0 saturated heterocycles. The highest BCUT2D eigenvalue weighted by Gasteiger charge is 2.18. The van der Waals surface area contributed by atoms with Crippen LogP contribution in [-0.2, 0) is 0 Å². The fourth-order valence-corrected chi connectivity index (χ4v) is 4.11. The van der Waals surface area contributed by atoms with Gasteiger partial charge in [0.2, 0.25) is 0 Å². The minimum absolute atomic E-state index is 0.216. The molecule has 0 radical (unpaired) electrons. The number of carbonyl (C=O) groups is 1. The van der Waals surface area contributed by atoms with E-state index in [-0.39, 0.29) is 5.91 Å². The minimum atomic E-state index is -0.216. The predicted molar refractivity (Wildman–Crippen MR) is 89.4 cm³/mol. The second-order valence-electron chi connectivity index (χ2n) is 5.56. The van der Waals surface area contributed by atoms with Gasteiger partial charge < -0.3 is 0 Å². The van der Waals surface area contributed by atoms with Gasteiger partial charge in [-0.05, 0) is 37.7 Å². The molecule has 1 N–H and O–H groups in total. The highest BCUT2D eigenvalue weighted by atomic mass is 35.5. The number of hydrogen-bond donors (Lipinski definition) is 1. The molecule has 1 aliphatic rings. The molecule has 0 aliphatic heterocycles. The van der Waals surface area contributed by atoms with Crippen molar-refractivity contribution in [1.29, 1.82) is 0 Å². The summed E-state index contributed by atoms with van der Waals surface area (Å²) >= 11 is 7.70. The molecule has 1 saturated carbocycles. The Bertz CT molecular complexity index is 707. The topological polar surface area (TPSA) is 41.5 Å². The molecular weight excluding hydrogens is 304 g/mol. The van der Waals surface area contributed by atoms with Crippen LogP contribution in [0.4, 0.5) is 0 Å². The van der Waals surface area contributed by atoms with Crippen LogP contribution in [0, 0.1) is 5.92 Å². The van der Waals surface area contributed by atoms with Gasteiger partial charge in [-0.1, -0.05) is 36.7 Å². The number of fused-ring (bicyclic) bond motifs is 1. The van der Waals surface area contributed by atoms with E-state index in [1.807, 2.05) is 24.3 Å². The van der Waals surface area contributed by atoms with E-state index in [1.54, 1.807) is 0 Å². The van der Waals surface area contributed by atoms with Gasteiger partial charge in [0.05, 0.1) is 5.02 Å². The summed E-state index contributed by atoms with van der Waals surface area (Å²) in [5.41, 5.74) is 3.75. The highest BCUT2D eigenvalue weighted by Crippen LogP contribution is 2.35. The van der Waals surface area contributed by atoms with Crippen LogP contribution < -0.4 is 5.43 Å². The number of nitrogens with zero attached hydrogens (tertiary/aromatic N) is 1. The van der Waals surface area contributed by atoms with E-state index >= 15 is 0 Å². The van der Waals surface area contributed by atoms with E-state index < -0.39 is 0 Å². The van der Waals surface area contributed by atoms with Crippen LogP contribution in [0.1, 0.15) is 42.3 Å². The van der Waals surface area contributed by atoms with Gasteiger partial charge in [-0.3, -0.25) is 4.79 Å². The van der Waals surface area contributed by atoms with E-state index in [9.17, 15) is 4.79 Å². The first kappa shape index (κ1) is 14.5.